The van der Waals surface area contributed by atoms with Gasteiger partial charge in [0.15, 0.2) is 0 Å². The fourth-order valence-electron chi connectivity index (χ4n) is 3.48. The van der Waals surface area contributed by atoms with E-state index in [9.17, 15) is 0 Å². The molecule has 0 aromatic carbocycles. The lowest BCUT2D eigenvalue weighted by atomic mass is 10.1. The van der Waals surface area contributed by atoms with Crippen LogP contribution in [0, 0.1) is 12.8 Å². The molecule has 1 aliphatic rings. The van der Waals surface area contributed by atoms with E-state index in [1.54, 1.807) is 18.0 Å². The van der Waals surface area contributed by atoms with Gasteiger partial charge in [-0.2, -0.15) is 10.1 Å². The minimum Gasteiger partial charge on any atom is -0.495 e. The van der Waals surface area contributed by atoms with Crippen molar-refractivity contribution in [2.75, 3.05) is 32.7 Å². The standard InChI is InChI=1S/C21H26N6O2/c1-13-24-20(26(2)3)19(15-9-23-27(4)11-15)21(25-13)29-12-14-8-17(14)18-7-6-16(28-5)10-22-18/h6-7,9-11,14,17H,8,12H2,1-5H3/t14-,17+/m1/s1. The van der Waals surface area contributed by atoms with Gasteiger partial charge in [-0.3, -0.25) is 9.67 Å². The highest BCUT2D eigenvalue weighted by molar-refractivity contribution is 5.79. The quantitative estimate of drug-likeness (QED) is 0.610. The Kier molecular flexibility index (Phi) is 5.08. The van der Waals surface area contributed by atoms with E-state index in [4.69, 9.17) is 9.47 Å². The Morgan fingerprint density at radius 2 is 2.03 bits per heavy atom. The van der Waals surface area contributed by atoms with Crippen molar-refractivity contribution >= 4 is 5.82 Å². The van der Waals surface area contributed by atoms with Gasteiger partial charge in [0.1, 0.15) is 17.4 Å². The maximum absolute atomic E-state index is 6.23. The zero-order chi connectivity index (χ0) is 20.5. The van der Waals surface area contributed by atoms with Crippen molar-refractivity contribution in [1.82, 2.24) is 24.7 Å². The lowest BCUT2D eigenvalue weighted by Crippen LogP contribution is -2.15. The first kappa shape index (κ1) is 19.2. The van der Waals surface area contributed by atoms with E-state index in [0.717, 1.165) is 34.8 Å². The van der Waals surface area contributed by atoms with Gasteiger partial charge < -0.3 is 14.4 Å². The second-order valence-electron chi connectivity index (χ2n) is 7.61. The second-order valence-corrected chi connectivity index (χ2v) is 7.61. The van der Waals surface area contributed by atoms with E-state index in [1.165, 1.54) is 0 Å². The Bertz CT molecular complexity index is 999. The molecule has 29 heavy (non-hydrogen) atoms. The third-order valence-corrected chi connectivity index (χ3v) is 5.12. The minimum atomic E-state index is 0.416. The average molecular weight is 394 g/mol. The number of aryl methyl sites for hydroxylation is 2. The van der Waals surface area contributed by atoms with Crippen molar-refractivity contribution in [3.8, 4) is 22.8 Å². The van der Waals surface area contributed by atoms with Gasteiger partial charge >= 0.3 is 0 Å². The van der Waals surface area contributed by atoms with E-state index in [0.29, 0.717) is 30.1 Å². The van der Waals surface area contributed by atoms with Gasteiger partial charge in [0.25, 0.3) is 0 Å². The number of rotatable bonds is 7. The molecule has 3 heterocycles. The summed E-state index contributed by atoms with van der Waals surface area (Å²) in [7, 11) is 7.48. The summed E-state index contributed by atoms with van der Waals surface area (Å²) in [5, 5.41) is 4.30. The number of pyridine rings is 1. The summed E-state index contributed by atoms with van der Waals surface area (Å²) in [6.45, 7) is 2.48. The van der Waals surface area contributed by atoms with Crippen LogP contribution in [0.1, 0.15) is 23.9 Å². The molecule has 0 unspecified atom stereocenters. The Balaban J connectivity index is 1.54. The summed E-state index contributed by atoms with van der Waals surface area (Å²) < 4.78 is 13.2. The highest BCUT2D eigenvalue weighted by atomic mass is 16.5. The van der Waals surface area contributed by atoms with Gasteiger partial charge in [0.05, 0.1) is 31.7 Å². The fourth-order valence-corrected chi connectivity index (χ4v) is 3.48. The first-order chi connectivity index (χ1) is 14.0. The summed E-state index contributed by atoms with van der Waals surface area (Å²) in [6.07, 6.45) is 6.60. The summed E-state index contributed by atoms with van der Waals surface area (Å²) in [5.74, 6) is 3.72. The average Bonchev–Trinajstić information content (AvgIpc) is 3.37. The monoisotopic (exact) mass is 394 g/mol. The van der Waals surface area contributed by atoms with Crippen molar-refractivity contribution < 1.29 is 9.47 Å². The van der Waals surface area contributed by atoms with Crippen LogP contribution < -0.4 is 14.4 Å². The van der Waals surface area contributed by atoms with Crippen LogP contribution in [-0.2, 0) is 7.05 Å². The zero-order valence-electron chi connectivity index (χ0n) is 17.5. The number of methoxy groups -OCH3 is 1. The summed E-state index contributed by atoms with van der Waals surface area (Å²) in [5.41, 5.74) is 2.89. The molecule has 0 amide bonds. The number of ether oxygens (including phenoxy) is 2. The van der Waals surface area contributed by atoms with Crippen LogP contribution >= 0.6 is 0 Å². The van der Waals surface area contributed by atoms with E-state index < -0.39 is 0 Å². The molecular formula is C21H26N6O2. The van der Waals surface area contributed by atoms with Crippen molar-refractivity contribution in [1.29, 1.82) is 0 Å². The molecule has 8 heteroatoms. The van der Waals surface area contributed by atoms with E-state index in [-0.39, 0.29) is 0 Å². The largest absolute Gasteiger partial charge is 0.495 e. The Hall–Kier alpha value is -3.16. The first-order valence-electron chi connectivity index (χ1n) is 9.64. The van der Waals surface area contributed by atoms with Gasteiger partial charge in [-0.15, -0.1) is 0 Å². The van der Waals surface area contributed by atoms with Gasteiger partial charge in [0.2, 0.25) is 5.88 Å². The molecule has 3 aromatic rings. The van der Waals surface area contributed by atoms with E-state index >= 15 is 0 Å². The van der Waals surface area contributed by atoms with Crippen LogP contribution in [0.2, 0.25) is 0 Å². The third-order valence-electron chi connectivity index (χ3n) is 5.12. The van der Waals surface area contributed by atoms with Crippen LogP contribution in [0.15, 0.2) is 30.7 Å². The topological polar surface area (TPSA) is 78.2 Å². The molecule has 0 saturated heterocycles. The Morgan fingerprint density at radius 3 is 2.66 bits per heavy atom. The van der Waals surface area contributed by atoms with Crippen molar-refractivity contribution in [3.05, 3.63) is 42.2 Å². The Labute approximate surface area is 170 Å². The normalized spacial score (nSPS) is 17.8. The second kappa shape index (κ2) is 7.69. The molecule has 1 aliphatic carbocycles. The lowest BCUT2D eigenvalue weighted by molar-refractivity contribution is 0.286. The van der Waals surface area contributed by atoms with Crippen LogP contribution in [0.5, 0.6) is 11.6 Å². The van der Waals surface area contributed by atoms with Gasteiger partial charge in [0, 0.05) is 50.4 Å². The number of nitrogens with zero attached hydrogens (tertiary/aromatic N) is 6. The number of aromatic nitrogens is 5. The van der Waals surface area contributed by atoms with Gasteiger partial charge in [-0.1, -0.05) is 0 Å². The summed E-state index contributed by atoms with van der Waals surface area (Å²) in [6, 6.07) is 3.99. The predicted octanol–water partition coefficient (Wildman–Crippen LogP) is 2.84. The van der Waals surface area contributed by atoms with Crippen LogP contribution in [0.4, 0.5) is 5.82 Å². The third kappa shape index (κ3) is 4.01. The number of hydrogen-bond acceptors (Lipinski definition) is 7. The lowest BCUT2D eigenvalue weighted by Gasteiger charge is -2.19. The highest BCUT2D eigenvalue weighted by Gasteiger charge is 2.40. The van der Waals surface area contributed by atoms with Crippen LogP contribution in [-0.4, -0.2) is 52.5 Å². The van der Waals surface area contributed by atoms with Crippen LogP contribution in [0.3, 0.4) is 0 Å². The summed E-state index contributed by atoms with van der Waals surface area (Å²) >= 11 is 0. The molecular weight excluding hydrogens is 368 g/mol. The first-order valence-corrected chi connectivity index (χ1v) is 9.64. The molecule has 1 fully saturated rings. The smallest absolute Gasteiger partial charge is 0.227 e. The molecule has 2 atom stereocenters. The zero-order valence-corrected chi connectivity index (χ0v) is 17.5. The maximum Gasteiger partial charge on any atom is 0.227 e. The van der Waals surface area contributed by atoms with Crippen LogP contribution in [0.25, 0.3) is 11.1 Å². The molecule has 0 N–H and O–H groups in total. The van der Waals surface area contributed by atoms with Crippen molar-refractivity contribution in [2.24, 2.45) is 13.0 Å². The fraction of sp³-hybridized carbons (Fsp3) is 0.429. The molecule has 0 spiro atoms. The van der Waals surface area contributed by atoms with Gasteiger partial charge in [-0.05, 0) is 25.5 Å². The molecule has 1 saturated carbocycles. The number of hydrogen-bond donors (Lipinski definition) is 0. The highest BCUT2D eigenvalue weighted by Crippen LogP contribution is 2.47. The SMILES string of the molecule is COc1ccc([C@H]2C[C@@H]2COc2nc(C)nc(N(C)C)c2-c2cnn(C)c2)nc1. The molecule has 0 radical (unpaired) electrons. The number of anilines is 1. The van der Waals surface area contributed by atoms with Crippen molar-refractivity contribution in [2.45, 2.75) is 19.3 Å². The molecule has 0 bridgehead atoms. The van der Waals surface area contributed by atoms with Gasteiger partial charge in [-0.25, -0.2) is 4.98 Å². The minimum absolute atomic E-state index is 0.416. The molecule has 4 rings (SSSR count). The van der Waals surface area contributed by atoms with E-state index in [2.05, 4.69) is 20.1 Å². The Morgan fingerprint density at radius 1 is 1.21 bits per heavy atom. The molecule has 8 nitrogen and oxygen atoms in total. The predicted molar refractivity (Wildman–Crippen MR) is 110 cm³/mol. The molecule has 152 valence electrons. The maximum atomic E-state index is 6.23. The molecule has 3 aromatic heterocycles. The van der Waals surface area contributed by atoms with E-state index in [1.807, 2.05) is 57.5 Å². The molecule has 0 aliphatic heterocycles. The van der Waals surface area contributed by atoms with Crippen molar-refractivity contribution in [3.63, 3.8) is 0 Å². The summed E-state index contributed by atoms with van der Waals surface area (Å²) in [4.78, 5) is 15.7.